The first kappa shape index (κ1) is 12.3. The Balaban J connectivity index is 3.26. The molecule has 0 bridgehead atoms. The van der Waals surface area contributed by atoms with Gasteiger partial charge in [-0.05, 0) is 18.9 Å². The van der Waals surface area contributed by atoms with Crippen molar-refractivity contribution in [3.63, 3.8) is 0 Å². The summed E-state index contributed by atoms with van der Waals surface area (Å²) in [5.41, 5.74) is 0. The van der Waals surface area contributed by atoms with Gasteiger partial charge in [0, 0.05) is 6.54 Å². The topological polar surface area (TPSA) is 21.3 Å². The van der Waals surface area contributed by atoms with Gasteiger partial charge in [0.25, 0.3) is 0 Å². The molecule has 0 saturated heterocycles. The van der Waals surface area contributed by atoms with Gasteiger partial charge >= 0.3 is 0 Å². The molecule has 0 saturated carbocycles. The third-order valence-corrected chi connectivity index (χ3v) is 2.26. The second-order valence-corrected chi connectivity index (χ2v) is 3.59. The lowest BCUT2D eigenvalue weighted by atomic mass is 10.0. The van der Waals surface area contributed by atoms with Crippen molar-refractivity contribution >= 4 is 0 Å². The van der Waals surface area contributed by atoms with E-state index in [0.717, 1.165) is 12.5 Å². The van der Waals surface area contributed by atoms with Crippen LogP contribution in [0.1, 0.15) is 39.5 Å². The van der Waals surface area contributed by atoms with Gasteiger partial charge in [-0.3, -0.25) is 0 Å². The van der Waals surface area contributed by atoms with E-state index in [2.05, 4.69) is 25.7 Å². The van der Waals surface area contributed by atoms with E-state index in [9.17, 15) is 0 Å². The number of methoxy groups -OCH3 is 1. The van der Waals surface area contributed by atoms with Crippen LogP contribution in [-0.2, 0) is 4.74 Å². The van der Waals surface area contributed by atoms with Crippen LogP contribution in [0.15, 0.2) is 12.5 Å². The maximum atomic E-state index is 4.91. The lowest BCUT2D eigenvalue weighted by Crippen LogP contribution is -2.17. The van der Waals surface area contributed by atoms with Gasteiger partial charge in [-0.2, -0.15) is 0 Å². The Bertz CT molecular complexity index is 134. The Morgan fingerprint density at radius 1 is 1.46 bits per heavy atom. The molecule has 13 heavy (non-hydrogen) atoms. The Morgan fingerprint density at radius 3 is 2.69 bits per heavy atom. The summed E-state index contributed by atoms with van der Waals surface area (Å²) < 4.78 is 4.91. The van der Waals surface area contributed by atoms with Crippen LogP contribution in [0.3, 0.4) is 0 Å². The Morgan fingerprint density at radius 2 is 2.15 bits per heavy atom. The molecule has 78 valence electrons. The average Bonchev–Trinajstić information content (AvgIpc) is 2.14. The predicted octanol–water partition coefficient (Wildman–Crippen LogP) is 2.91. The molecule has 0 aromatic carbocycles. The molecule has 0 rings (SSSR count). The molecule has 0 aliphatic carbocycles. The molecule has 1 unspecified atom stereocenters. The van der Waals surface area contributed by atoms with Gasteiger partial charge < -0.3 is 10.1 Å². The molecule has 2 nitrogen and oxygen atoms in total. The highest BCUT2D eigenvalue weighted by Crippen LogP contribution is 2.10. The third-order valence-electron chi connectivity index (χ3n) is 2.26. The van der Waals surface area contributed by atoms with Crippen molar-refractivity contribution in [1.29, 1.82) is 0 Å². The molecule has 1 N–H and O–H groups in total. The number of unbranched alkanes of at least 4 members (excludes halogenated alkanes) is 1. The van der Waals surface area contributed by atoms with E-state index in [1.165, 1.54) is 25.7 Å². The Hall–Kier alpha value is -0.660. The second kappa shape index (κ2) is 7.96. The summed E-state index contributed by atoms with van der Waals surface area (Å²) >= 11 is 0. The van der Waals surface area contributed by atoms with Crippen molar-refractivity contribution in [3.8, 4) is 0 Å². The van der Waals surface area contributed by atoms with Gasteiger partial charge in [-0.15, -0.1) is 0 Å². The number of hydrogen-bond donors (Lipinski definition) is 1. The fourth-order valence-corrected chi connectivity index (χ4v) is 1.23. The molecule has 0 aromatic rings. The van der Waals surface area contributed by atoms with Crippen LogP contribution in [0.4, 0.5) is 0 Å². The van der Waals surface area contributed by atoms with Crippen LogP contribution in [0.2, 0.25) is 0 Å². The van der Waals surface area contributed by atoms with E-state index in [1.54, 1.807) is 7.11 Å². The summed E-state index contributed by atoms with van der Waals surface area (Å²) in [4.78, 5) is 0. The zero-order chi connectivity index (χ0) is 10.1. The molecule has 0 spiro atoms. The van der Waals surface area contributed by atoms with Crippen LogP contribution in [0.5, 0.6) is 0 Å². The van der Waals surface area contributed by atoms with Gasteiger partial charge in [0.1, 0.15) is 0 Å². The molecule has 0 fully saturated rings. The normalized spacial score (nSPS) is 12.2. The van der Waals surface area contributed by atoms with Crippen molar-refractivity contribution in [2.24, 2.45) is 5.92 Å². The first-order chi connectivity index (χ1) is 6.20. The predicted molar refractivity (Wildman–Crippen MR) is 57.5 cm³/mol. The molecular formula is C11H23NO. The van der Waals surface area contributed by atoms with Crippen LogP contribution in [0, 0.1) is 5.92 Å². The number of ether oxygens (including phenoxy) is 1. The number of hydrogen-bond acceptors (Lipinski definition) is 2. The van der Waals surface area contributed by atoms with Crippen molar-refractivity contribution in [2.45, 2.75) is 39.5 Å². The van der Waals surface area contributed by atoms with Crippen LogP contribution in [0.25, 0.3) is 0 Å². The molecule has 0 heterocycles. The minimum Gasteiger partial charge on any atom is -0.483 e. The van der Waals surface area contributed by atoms with Gasteiger partial charge in [-0.1, -0.05) is 33.1 Å². The van der Waals surface area contributed by atoms with E-state index in [0.29, 0.717) is 5.88 Å². The molecule has 2 heteroatoms. The summed E-state index contributed by atoms with van der Waals surface area (Å²) in [7, 11) is 1.63. The van der Waals surface area contributed by atoms with E-state index in [-0.39, 0.29) is 0 Å². The van der Waals surface area contributed by atoms with Crippen LogP contribution >= 0.6 is 0 Å². The quantitative estimate of drug-likeness (QED) is 0.587. The van der Waals surface area contributed by atoms with E-state index >= 15 is 0 Å². The number of nitrogens with one attached hydrogen (secondary N) is 1. The molecular weight excluding hydrogens is 162 g/mol. The minimum atomic E-state index is 0.669. The summed E-state index contributed by atoms with van der Waals surface area (Å²) in [5, 5.41) is 3.12. The van der Waals surface area contributed by atoms with Gasteiger partial charge in [-0.25, -0.2) is 0 Å². The minimum absolute atomic E-state index is 0.669. The molecule has 0 aliphatic rings. The van der Waals surface area contributed by atoms with Crippen molar-refractivity contribution in [3.05, 3.63) is 12.5 Å². The summed E-state index contributed by atoms with van der Waals surface area (Å²) in [6, 6.07) is 0. The number of rotatable bonds is 8. The lowest BCUT2D eigenvalue weighted by molar-refractivity contribution is 0.260. The molecule has 1 atom stereocenters. The maximum Gasteiger partial charge on any atom is 0.178 e. The standard InChI is InChI=1S/C11H23NO/c1-5-6-7-10(2)8-9-12-11(3)13-4/h10,12H,3,5-9H2,1-2,4H3. The van der Waals surface area contributed by atoms with E-state index in [4.69, 9.17) is 4.74 Å². The van der Waals surface area contributed by atoms with Crippen molar-refractivity contribution < 1.29 is 4.74 Å². The molecule has 0 aliphatic heterocycles. The monoisotopic (exact) mass is 185 g/mol. The van der Waals surface area contributed by atoms with Gasteiger partial charge in [0.15, 0.2) is 5.88 Å². The second-order valence-electron chi connectivity index (χ2n) is 3.59. The zero-order valence-corrected chi connectivity index (χ0v) is 9.23. The van der Waals surface area contributed by atoms with Gasteiger partial charge in [0.05, 0.1) is 7.11 Å². The van der Waals surface area contributed by atoms with Crippen LogP contribution in [-0.4, -0.2) is 13.7 Å². The highest BCUT2D eigenvalue weighted by atomic mass is 16.5. The Labute approximate surface area is 82.4 Å². The molecule has 0 radical (unpaired) electrons. The van der Waals surface area contributed by atoms with Crippen molar-refractivity contribution in [2.75, 3.05) is 13.7 Å². The average molecular weight is 185 g/mol. The largest absolute Gasteiger partial charge is 0.483 e. The van der Waals surface area contributed by atoms with Gasteiger partial charge in [0.2, 0.25) is 0 Å². The maximum absolute atomic E-state index is 4.91. The van der Waals surface area contributed by atoms with E-state index in [1.807, 2.05) is 0 Å². The third kappa shape index (κ3) is 7.69. The summed E-state index contributed by atoms with van der Waals surface area (Å²) in [6.07, 6.45) is 5.16. The Kier molecular flexibility index (Phi) is 7.56. The first-order valence-electron chi connectivity index (χ1n) is 5.17. The van der Waals surface area contributed by atoms with Crippen LogP contribution < -0.4 is 5.32 Å². The zero-order valence-electron chi connectivity index (χ0n) is 9.23. The summed E-state index contributed by atoms with van der Waals surface area (Å²) in [6.45, 7) is 9.20. The highest BCUT2D eigenvalue weighted by molar-refractivity contribution is 4.77. The summed E-state index contributed by atoms with van der Waals surface area (Å²) in [5.74, 6) is 1.47. The van der Waals surface area contributed by atoms with E-state index < -0.39 is 0 Å². The molecule has 0 aromatic heterocycles. The molecule has 0 amide bonds. The fourth-order valence-electron chi connectivity index (χ4n) is 1.23. The first-order valence-corrected chi connectivity index (χ1v) is 5.17. The lowest BCUT2D eigenvalue weighted by Gasteiger charge is -2.12. The smallest absolute Gasteiger partial charge is 0.178 e. The highest BCUT2D eigenvalue weighted by Gasteiger charge is 2.00. The SMILES string of the molecule is C=C(NCCC(C)CCCC)OC. The van der Waals surface area contributed by atoms with Crippen molar-refractivity contribution in [1.82, 2.24) is 5.32 Å². The fraction of sp³-hybridized carbons (Fsp3) is 0.818.